The molecular formula is C60H107O11P. The normalized spacial score (nSPS) is 13.8. The van der Waals surface area contributed by atoms with Crippen molar-refractivity contribution >= 4 is 25.7 Å². The number of aliphatic hydroxyl groups is 1. The summed E-state index contributed by atoms with van der Waals surface area (Å²) in [5.74, 6) is -1.47. The molecule has 0 aliphatic heterocycles. The van der Waals surface area contributed by atoms with Gasteiger partial charge < -0.3 is 24.2 Å². The third-order valence-corrected chi connectivity index (χ3v) is 13.4. The van der Waals surface area contributed by atoms with Crippen molar-refractivity contribution in [3.8, 4) is 0 Å². The van der Waals surface area contributed by atoms with Gasteiger partial charge in [0.1, 0.15) is 12.7 Å². The van der Waals surface area contributed by atoms with Gasteiger partial charge in [0.2, 0.25) is 0 Å². The van der Waals surface area contributed by atoms with E-state index in [1.54, 1.807) is 0 Å². The van der Waals surface area contributed by atoms with Crippen molar-refractivity contribution in [2.45, 2.75) is 277 Å². The van der Waals surface area contributed by atoms with E-state index in [0.29, 0.717) is 19.3 Å². The van der Waals surface area contributed by atoms with Crippen LogP contribution in [0.15, 0.2) is 60.8 Å². The molecule has 12 heteroatoms. The monoisotopic (exact) mass is 1030 g/mol. The fourth-order valence-electron chi connectivity index (χ4n) is 7.99. The quantitative estimate of drug-likeness (QED) is 0.0197. The molecule has 72 heavy (non-hydrogen) atoms. The molecule has 0 spiro atoms. The summed E-state index contributed by atoms with van der Waals surface area (Å²) in [6.07, 6.45) is 59.0. The lowest BCUT2D eigenvalue weighted by molar-refractivity contribution is -0.161. The third kappa shape index (κ3) is 52.1. The van der Waals surface area contributed by atoms with Crippen LogP contribution in [0.1, 0.15) is 265 Å². The number of carbonyl (C=O) groups is 3. The SMILES string of the molecule is CC/C=C\C/C=C\C/C=C\CCCCCCCCCC(=O)OC(CO)COP(=O)(O)OCC(COC(=O)CCCCCCCCCCC)OC(=O)CCCCCCCCCCC/C=C\C/C=C\CCCCC. The fourth-order valence-corrected chi connectivity index (χ4v) is 8.77. The van der Waals surface area contributed by atoms with E-state index in [2.05, 4.69) is 81.5 Å². The van der Waals surface area contributed by atoms with Gasteiger partial charge in [0, 0.05) is 19.3 Å². The lowest BCUT2D eigenvalue weighted by Crippen LogP contribution is -2.30. The lowest BCUT2D eigenvalue weighted by atomic mass is 10.1. The molecule has 0 bridgehead atoms. The van der Waals surface area contributed by atoms with Crippen molar-refractivity contribution in [2.24, 2.45) is 0 Å². The van der Waals surface area contributed by atoms with Gasteiger partial charge in [-0.1, -0.05) is 223 Å². The van der Waals surface area contributed by atoms with Crippen LogP contribution in [-0.2, 0) is 42.2 Å². The van der Waals surface area contributed by atoms with Crippen LogP contribution in [0.2, 0.25) is 0 Å². The van der Waals surface area contributed by atoms with Crippen LogP contribution in [0.25, 0.3) is 0 Å². The van der Waals surface area contributed by atoms with Crippen LogP contribution in [0.3, 0.4) is 0 Å². The van der Waals surface area contributed by atoms with Crippen LogP contribution in [0, 0.1) is 0 Å². The van der Waals surface area contributed by atoms with Crippen LogP contribution in [0.5, 0.6) is 0 Å². The predicted molar refractivity (Wildman–Crippen MR) is 298 cm³/mol. The number of phosphoric ester groups is 1. The van der Waals surface area contributed by atoms with Gasteiger partial charge in [-0.15, -0.1) is 0 Å². The van der Waals surface area contributed by atoms with Crippen LogP contribution >= 0.6 is 7.82 Å². The Bertz CT molecular complexity index is 1440. The number of hydrogen-bond donors (Lipinski definition) is 2. The molecule has 0 saturated heterocycles. The van der Waals surface area contributed by atoms with Crippen molar-refractivity contribution < 1.29 is 52.2 Å². The van der Waals surface area contributed by atoms with Crippen LogP contribution in [-0.4, -0.2) is 66.5 Å². The average Bonchev–Trinajstić information content (AvgIpc) is 3.37. The van der Waals surface area contributed by atoms with Crippen molar-refractivity contribution in [2.75, 3.05) is 26.4 Å². The zero-order valence-electron chi connectivity index (χ0n) is 46.1. The molecule has 0 aromatic carbocycles. The molecule has 0 amide bonds. The predicted octanol–water partition coefficient (Wildman–Crippen LogP) is 17.1. The number of rotatable bonds is 54. The highest BCUT2D eigenvalue weighted by atomic mass is 31.2. The second kappa shape index (κ2) is 54.4. The highest BCUT2D eigenvalue weighted by molar-refractivity contribution is 7.47. The summed E-state index contributed by atoms with van der Waals surface area (Å²) < 4.78 is 39.5. The molecule has 0 radical (unpaired) electrons. The van der Waals surface area contributed by atoms with Gasteiger partial charge in [-0.25, -0.2) is 4.57 Å². The van der Waals surface area contributed by atoms with Crippen LogP contribution < -0.4 is 0 Å². The Kier molecular flexibility index (Phi) is 52.3. The molecule has 0 aliphatic rings. The van der Waals surface area contributed by atoms with E-state index < -0.39 is 57.8 Å². The molecule has 0 fully saturated rings. The number of esters is 3. The smallest absolute Gasteiger partial charge is 0.462 e. The van der Waals surface area contributed by atoms with E-state index in [1.807, 2.05) is 0 Å². The maximum Gasteiger partial charge on any atom is 0.472 e. The molecule has 418 valence electrons. The Hall–Kier alpha value is -2.82. The second-order valence-corrected chi connectivity index (χ2v) is 20.9. The van der Waals surface area contributed by atoms with Gasteiger partial charge in [-0.05, 0) is 83.5 Å². The Morgan fingerprint density at radius 2 is 0.722 bits per heavy atom. The zero-order chi connectivity index (χ0) is 52.7. The first-order chi connectivity index (χ1) is 35.2. The summed E-state index contributed by atoms with van der Waals surface area (Å²) in [6.45, 7) is 4.49. The first kappa shape index (κ1) is 69.2. The summed E-state index contributed by atoms with van der Waals surface area (Å²) in [7, 11) is -4.75. The maximum atomic E-state index is 12.9. The molecule has 0 saturated carbocycles. The molecule has 0 rings (SSSR count). The van der Waals surface area contributed by atoms with Gasteiger partial charge in [0.05, 0.1) is 19.8 Å². The number of phosphoric acid groups is 1. The van der Waals surface area contributed by atoms with E-state index in [0.717, 1.165) is 103 Å². The van der Waals surface area contributed by atoms with Crippen molar-refractivity contribution in [3.05, 3.63) is 60.8 Å². The summed E-state index contributed by atoms with van der Waals surface area (Å²) in [5.41, 5.74) is 0. The van der Waals surface area contributed by atoms with Gasteiger partial charge in [0.15, 0.2) is 6.10 Å². The third-order valence-electron chi connectivity index (χ3n) is 12.4. The van der Waals surface area contributed by atoms with Gasteiger partial charge in [-0.2, -0.15) is 0 Å². The van der Waals surface area contributed by atoms with E-state index in [1.165, 1.54) is 103 Å². The molecule has 11 nitrogen and oxygen atoms in total. The van der Waals surface area contributed by atoms with Crippen LogP contribution in [0.4, 0.5) is 0 Å². The summed E-state index contributed by atoms with van der Waals surface area (Å²) in [6, 6.07) is 0. The van der Waals surface area contributed by atoms with Gasteiger partial charge in [0.25, 0.3) is 0 Å². The average molecular weight is 1040 g/mol. The standard InChI is InChI=1S/C60H107O11P/c1-4-7-10-13-16-19-21-23-25-27-28-30-32-34-36-39-42-45-48-51-60(64)71-57(53-67-58(62)49-46-43-40-37-18-15-12-9-6-3)55-69-72(65,66)68-54-56(52-61)70-59(63)50-47-44-41-38-35-33-31-29-26-24-22-20-17-14-11-8-5-2/h8,11,16-17,19-20,23-26,56-57,61H,4-7,9-10,12-15,18,21-22,27-55H2,1-3H3,(H,65,66)/b11-8-,19-16-,20-17-,25-23-,26-24-. The first-order valence-corrected chi connectivity index (χ1v) is 30.7. The zero-order valence-corrected chi connectivity index (χ0v) is 47.0. The van der Waals surface area contributed by atoms with Gasteiger partial charge >= 0.3 is 25.7 Å². The Morgan fingerprint density at radius 3 is 1.14 bits per heavy atom. The second-order valence-electron chi connectivity index (χ2n) is 19.4. The van der Waals surface area contributed by atoms with E-state index in [-0.39, 0.29) is 25.9 Å². The summed E-state index contributed by atoms with van der Waals surface area (Å²) in [5, 5.41) is 9.81. The minimum Gasteiger partial charge on any atom is -0.462 e. The summed E-state index contributed by atoms with van der Waals surface area (Å²) in [4.78, 5) is 48.4. The molecular weight excluding hydrogens is 928 g/mol. The van der Waals surface area contributed by atoms with E-state index >= 15 is 0 Å². The van der Waals surface area contributed by atoms with Crippen molar-refractivity contribution in [3.63, 3.8) is 0 Å². The first-order valence-electron chi connectivity index (χ1n) is 29.2. The number of hydrogen-bond acceptors (Lipinski definition) is 10. The lowest BCUT2D eigenvalue weighted by Gasteiger charge is -2.21. The molecule has 3 atom stereocenters. The summed E-state index contributed by atoms with van der Waals surface area (Å²) >= 11 is 0. The van der Waals surface area contributed by atoms with Crippen molar-refractivity contribution in [1.29, 1.82) is 0 Å². The van der Waals surface area contributed by atoms with Gasteiger partial charge in [-0.3, -0.25) is 23.4 Å². The highest BCUT2D eigenvalue weighted by Crippen LogP contribution is 2.43. The molecule has 0 aromatic rings. The molecule has 0 aliphatic carbocycles. The molecule has 0 aromatic heterocycles. The molecule has 0 heterocycles. The van der Waals surface area contributed by atoms with E-state index in [4.69, 9.17) is 23.3 Å². The Balaban J connectivity index is 4.61. The molecule has 3 unspecified atom stereocenters. The largest absolute Gasteiger partial charge is 0.472 e. The highest BCUT2D eigenvalue weighted by Gasteiger charge is 2.28. The number of unbranched alkanes of at least 4 members (excludes halogenated alkanes) is 27. The number of allylic oxidation sites excluding steroid dienone is 10. The Labute approximate surface area is 440 Å². The number of carbonyl (C=O) groups excluding carboxylic acids is 3. The maximum absolute atomic E-state index is 12.9. The number of ether oxygens (including phenoxy) is 3. The van der Waals surface area contributed by atoms with E-state index in [9.17, 15) is 28.9 Å². The minimum atomic E-state index is -4.75. The Morgan fingerprint density at radius 1 is 0.403 bits per heavy atom. The topological polar surface area (TPSA) is 155 Å². The van der Waals surface area contributed by atoms with Crippen molar-refractivity contribution in [1.82, 2.24) is 0 Å². The molecule has 2 N–H and O–H groups in total. The fraction of sp³-hybridized carbons (Fsp3) is 0.783. The number of aliphatic hydroxyl groups excluding tert-OH is 1. The minimum absolute atomic E-state index is 0.163.